The highest BCUT2D eigenvalue weighted by Gasteiger charge is 2.21. The second kappa shape index (κ2) is 20.5. The van der Waals surface area contributed by atoms with Crippen LogP contribution in [-0.2, 0) is 0 Å². The molecule has 0 aliphatic rings. The van der Waals surface area contributed by atoms with Crippen LogP contribution >= 0.6 is 0 Å². The number of fused-ring (bicyclic) bond motifs is 3. The Balaban J connectivity index is 0.981. The lowest BCUT2D eigenvalue weighted by Gasteiger charge is -2.26. The Kier molecular flexibility index (Phi) is 12.3. The molecule has 0 saturated carbocycles. The first-order valence-corrected chi connectivity index (χ1v) is 26.1. The molecule has 13 aromatic carbocycles. The lowest BCUT2D eigenvalue weighted by atomic mass is 9.84. The number of hydrogen-bond donors (Lipinski definition) is 0. The lowest BCUT2D eigenvalue weighted by molar-refractivity contribution is 1.28. The molecule has 0 saturated heterocycles. The summed E-state index contributed by atoms with van der Waals surface area (Å²) in [7, 11) is 0. The van der Waals surface area contributed by atoms with Crippen LogP contribution in [0.5, 0.6) is 0 Å². The Morgan fingerprint density at radius 1 is 0.197 bits per heavy atom. The summed E-state index contributed by atoms with van der Waals surface area (Å²) in [6, 6.07) is 110. The van der Waals surface area contributed by atoms with Gasteiger partial charge in [0.2, 0.25) is 0 Å². The van der Waals surface area contributed by atoms with Crippen LogP contribution in [0.3, 0.4) is 0 Å². The van der Waals surface area contributed by atoms with Crippen LogP contribution in [0.2, 0.25) is 0 Å². The maximum absolute atomic E-state index is 2.45. The van der Waals surface area contributed by atoms with Gasteiger partial charge in [0.05, 0.1) is 0 Å². The molecule has 0 amide bonds. The van der Waals surface area contributed by atoms with E-state index in [0.29, 0.717) is 0 Å². The fourth-order valence-corrected chi connectivity index (χ4v) is 11.1. The molecule has 0 radical (unpaired) electrons. The monoisotopic (exact) mass is 968 g/mol. The molecule has 76 heavy (non-hydrogen) atoms. The highest BCUT2D eigenvalue weighted by molar-refractivity contribution is 6.22. The second-order valence-corrected chi connectivity index (χ2v) is 19.2. The van der Waals surface area contributed by atoms with Crippen molar-refractivity contribution in [2.45, 2.75) is 0 Å². The Morgan fingerprint density at radius 3 is 0.987 bits per heavy atom. The van der Waals surface area contributed by atoms with E-state index in [1.165, 1.54) is 76.8 Å². The summed E-state index contributed by atoms with van der Waals surface area (Å²) in [6.07, 6.45) is 4.39. The van der Waals surface area contributed by atoms with E-state index in [9.17, 15) is 0 Å². The zero-order chi connectivity index (χ0) is 50.6. The van der Waals surface area contributed by atoms with Gasteiger partial charge in [-0.3, -0.25) is 0 Å². The molecule has 0 fully saturated rings. The van der Waals surface area contributed by atoms with E-state index >= 15 is 0 Å². The van der Waals surface area contributed by atoms with E-state index in [1.54, 1.807) is 0 Å². The minimum Gasteiger partial charge on any atom is -0.311 e. The summed E-state index contributed by atoms with van der Waals surface area (Å²) in [4.78, 5) is 4.65. The van der Waals surface area contributed by atoms with Crippen molar-refractivity contribution in [1.29, 1.82) is 0 Å². The largest absolute Gasteiger partial charge is 0.311 e. The van der Waals surface area contributed by atoms with E-state index in [-0.39, 0.29) is 0 Å². The standard InChI is InChI=1S/C74H52N2/c1-6-21-53(22-7-1)37-38-54-23-20-24-57(51-54)65-49-50-66(68-34-17-16-33-67(65)68)58-43-48-71-72(52-58)74(56-41-46-64(47-42-56)76(61-29-12-4-13-30-61)62-31-14-5-15-32-62)70-36-19-18-35-69(70)73(71)55-39-44-63(45-40-55)75(59-25-8-2-9-26-59)60-27-10-3-11-28-60/h1-52H/b38-37+. The molecule has 0 unspecified atom stereocenters. The Morgan fingerprint density at radius 2 is 0.526 bits per heavy atom. The molecule has 2 heteroatoms. The number of nitrogens with zero attached hydrogens (tertiary/aromatic N) is 2. The zero-order valence-electron chi connectivity index (χ0n) is 41.9. The van der Waals surface area contributed by atoms with E-state index < -0.39 is 0 Å². The van der Waals surface area contributed by atoms with Crippen LogP contribution < -0.4 is 9.80 Å². The number of rotatable bonds is 12. The van der Waals surface area contributed by atoms with Gasteiger partial charge in [-0.1, -0.05) is 231 Å². The van der Waals surface area contributed by atoms with Gasteiger partial charge in [-0.05, 0) is 173 Å². The molecule has 0 aromatic heterocycles. The van der Waals surface area contributed by atoms with Crippen molar-refractivity contribution in [3.05, 3.63) is 314 Å². The van der Waals surface area contributed by atoms with Gasteiger partial charge in [0.15, 0.2) is 0 Å². The van der Waals surface area contributed by atoms with Gasteiger partial charge in [0.1, 0.15) is 0 Å². The number of benzene rings is 13. The van der Waals surface area contributed by atoms with Crippen molar-refractivity contribution in [2.75, 3.05) is 9.80 Å². The molecule has 0 spiro atoms. The topological polar surface area (TPSA) is 6.48 Å². The van der Waals surface area contributed by atoms with Crippen molar-refractivity contribution < 1.29 is 0 Å². The van der Waals surface area contributed by atoms with Crippen LogP contribution in [0, 0.1) is 0 Å². The smallest absolute Gasteiger partial charge is 0.0462 e. The first-order chi connectivity index (χ1) is 37.7. The van der Waals surface area contributed by atoms with Gasteiger partial charge >= 0.3 is 0 Å². The fourth-order valence-electron chi connectivity index (χ4n) is 11.1. The van der Waals surface area contributed by atoms with Crippen molar-refractivity contribution in [1.82, 2.24) is 0 Å². The summed E-state index contributed by atoms with van der Waals surface area (Å²) in [5, 5.41) is 7.26. The van der Waals surface area contributed by atoms with Gasteiger partial charge < -0.3 is 9.80 Å². The highest BCUT2D eigenvalue weighted by Crippen LogP contribution is 2.47. The first-order valence-electron chi connectivity index (χ1n) is 26.1. The van der Waals surface area contributed by atoms with E-state index in [2.05, 4.69) is 325 Å². The maximum atomic E-state index is 2.45. The van der Waals surface area contributed by atoms with E-state index in [1.807, 2.05) is 0 Å². The van der Waals surface area contributed by atoms with Crippen LogP contribution in [0.1, 0.15) is 11.1 Å². The predicted molar refractivity (Wildman–Crippen MR) is 325 cm³/mol. The zero-order valence-corrected chi connectivity index (χ0v) is 41.9. The molecule has 358 valence electrons. The summed E-state index contributed by atoms with van der Waals surface area (Å²) < 4.78 is 0. The molecule has 13 rings (SSSR count). The molecule has 0 aliphatic carbocycles. The third kappa shape index (κ3) is 8.89. The van der Waals surface area contributed by atoms with Crippen LogP contribution in [-0.4, -0.2) is 0 Å². The van der Waals surface area contributed by atoms with Crippen LogP contribution in [0.25, 0.3) is 89.0 Å². The van der Waals surface area contributed by atoms with Crippen molar-refractivity contribution in [2.24, 2.45) is 0 Å². The summed E-state index contributed by atoms with van der Waals surface area (Å²) in [5.74, 6) is 0. The maximum Gasteiger partial charge on any atom is 0.0462 e. The van der Waals surface area contributed by atoms with Crippen molar-refractivity contribution in [3.63, 3.8) is 0 Å². The quantitative estimate of drug-likeness (QED) is 0.0889. The normalized spacial score (nSPS) is 11.4. The minimum atomic E-state index is 1.09. The van der Waals surface area contributed by atoms with E-state index in [4.69, 9.17) is 0 Å². The Hall–Kier alpha value is -10.0. The van der Waals surface area contributed by atoms with Crippen LogP contribution in [0.15, 0.2) is 303 Å². The SMILES string of the molecule is C(=C\c1cccc(-c2ccc(-c3ccc4c(-c5ccc(N(c6ccccc6)c6ccccc6)cc5)c5ccccc5c(-c5ccc(N(c6ccccc6)c6ccccc6)cc5)c4c3)c3ccccc23)c1)/c1ccccc1. The van der Waals surface area contributed by atoms with Gasteiger partial charge in [0, 0.05) is 34.1 Å². The molecular weight excluding hydrogens is 917 g/mol. The lowest BCUT2D eigenvalue weighted by Crippen LogP contribution is -2.09. The molecule has 2 nitrogen and oxygen atoms in total. The molecule has 0 N–H and O–H groups in total. The van der Waals surface area contributed by atoms with Gasteiger partial charge in [-0.25, -0.2) is 0 Å². The van der Waals surface area contributed by atoms with Crippen LogP contribution in [0.4, 0.5) is 34.1 Å². The predicted octanol–water partition coefficient (Wildman–Crippen LogP) is 20.9. The van der Waals surface area contributed by atoms with Gasteiger partial charge in [-0.2, -0.15) is 0 Å². The Labute approximate surface area is 445 Å². The molecular formula is C74H52N2. The number of anilines is 6. The second-order valence-electron chi connectivity index (χ2n) is 19.2. The number of hydrogen-bond acceptors (Lipinski definition) is 2. The third-order valence-corrected chi connectivity index (χ3v) is 14.6. The van der Waals surface area contributed by atoms with Crippen molar-refractivity contribution in [3.8, 4) is 44.5 Å². The molecule has 0 bridgehead atoms. The average Bonchev–Trinajstić information content (AvgIpc) is 3.53. The molecule has 0 aliphatic heterocycles. The Bertz CT molecular complexity index is 4090. The summed E-state index contributed by atoms with van der Waals surface area (Å²) >= 11 is 0. The number of para-hydroxylation sites is 4. The molecule has 0 atom stereocenters. The average molecular weight is 969 g/mol. The summed E-state index contributed by atoms with van der Waals surface area (Å²) in [5.41, 5.74) is 18.5. The first kappa shape index (κ1) is 45.8. The summed E-state index contributed by atoms with van der Waals surface area (Å²) in [6.45, 7) is 0. The fraction of sp³-hybridized carbons (Fsp3) is 0. The third-order valence-electron chi connectivity index (χ3n) is 14.6. The molecule has 0 heterocycles. The van der Waals surface area contributed by atoms with Crippen molar-refractivity contribution >= 4 is 78.6 Å². The van der Waals surface area contributed by atoms with E-state index in [0.717, 1.165) is 45.3 Å². The highest BCUT2D eigenvalue weighted by atomic mass is 15.1. The molecule has 13 aromatic rings. The minimum absolute atomic E-state index is 1.09. The van der Waals surface area contributed by atoms with Gasteiger partial charge in [0.25, 0.3) is 0 Å². The van der Waals surface area contributed by atoms with Gasteiger partial charge in [-0.15, -0.1) is 0 Å².